The first-order valence-electron chi connectivity index (χ1n) is 10.4. The lowest BCUT2D eigenvalue weighted by molar-refractivity contribution is 0.0985. The van der Waals surface area contributed by atoms with E-state index in [0.717, 1.165) is 20.7 Å². The second kappa shape index (κ2) is 9.67. The number of thiazole rings is 1. The Morgan fingerprint density at radius 3 is 2.48 bits per heavy atom. The van der Waals surface area contributed by atoms with Gasteiger partial charge in [0.15, 0.2) is 15.0 Å². The van der Waals surface area contributed by atoms with Crippen LogP contribution in [0.1, 0.15) is 29.8 Å². The van der Waals surface area contributed by atoms with Crippen molar-refractivity contribution in [2.75, 3.05) is 11.2 Å². The van der Waals surface area contributed by atoms with Crippen LogP contribution in [-0.4, -0.2) is 30.8 Å². The van der Waals surface area contributed by atoms with Crippen LogP contribution in [0.25, 0.3) is 10.2 Å². The van der Waals surface area contributed by atoms with E-state index in [1.54, 1.807) is 42.6 Å². The summed E-state index contributed by atoms with van der Waals surface area (Å²) in [6.07, 6.45) is 2.02. The van der Waals surface area contributed by atoms with Crippen LogP contribution in [0.4, 0.5) is 5.13 Å². The maximum atomic E-state index is 13.7. The predicted molar refractivity (Wildman–Crippen MR) is 137 cm³/mol. The molecule has 0 saturated carbocycles. The van der Waals surface area contributed by atoms with E-state index >= 15 is 0 Å². The van der Waals surface area contributed by atoms with Crippen LogP contribution in [0.2, 0.25) is 0 Å². The first-order chi connectivity index (χ1) is 15.8. The number of aromatic nitrogens is 1. The van der Waals surface area contributed by atoms with Crippen LogP contribution in [-0.2, 0) is 16.4 Å². The van der Waals surface area contributed by atoms with Gasteiger partial charge >= 0.3 is 0 Å². The summed E-state index contributed by atoms with van der Waals surface area (Å²) in [6, 6.07) is 22.0. The van der Waals surface area contributed by atoms with Crippen LogP contribution in [0.15, 0.2) is 82.6 Å². The number of thioether (sulfide) groups is 1. The highest BCUT2D eigenvalue weighted by Gasteiger charge is 2.25. The molecular formula is C25H24N2O3S3. The highest BCUT2D eigenvalue weighted by atomic mass is 32.2. The molecule has 4 rings (SSSR count). The van der Waals surface area contributed by atoms with Crippen molar-refractivity contribution in [2.24, 2.45) is 0 Å². The van der Waals surface area contributed by atoms with Gasteiger partial charge in [0.2, 0.25) is 0 Å². The van der Waals surface area contributed by atoms with Crippen molar-refractivity contribution < 1.29 is 13.2 Å². The van der Waals surface area contributed by atoms with Crippen molar-refractivity contribution in [3.63, 3.8) is 0 Å². The summed E-state index contributed by atoms with van der Waals surface area (Å²) in [6.45, 7) is 3.60. The lowest BCUT2D eigenvalue weighted by Gasteiger charge is -2.20. The van der Waals surface area contributed by atoms with E-state index in [4.69, 9.17) is 4.98 Å². The maximum Gasteiger partial charge on any atom is 0.260 e. The highest BCUT2D eigenvalue weighted by Crippen LogP contribution is 2.33. The Morgan fingerprint density at radius 2 is 1.79 bits per heavy atom. The minimum absolute atomic E-state index is 0.150. The Kier molecular flexibility index (Phi) is 6.88. The van der Waals surface area contributed by atoms with Gasteiger partial charge in [-0.1, -0.05) is 47.7 Å². The number of amides is 1. The van der Waals surface area contributed by atoms with E-state index in [9.17, 15) is 13.2 Å². The molecule has 33 heavy (non-hydrogen) atoms. The predicted octanol–water partition coefficient (Wildman–Crippen LogP) is 6.05. The molecule has 170 valence electrons. The highest BCUT2D eigenvalue weighted by molar-refractivity contribution is 7.98. The zero-order chi connectivity index (χ0) is 23.6. The SMILES string of the molecule is CSc1ccc2nc(N(Cc3ccccc3)C(=O)c3cccc(S(=O)(=O)C(C)C)c3)sc2c1. The summed E-state index contributed by atoms with van der Waals surface area (Å²) in [5, 5.41) is 0.00685. The number of carbonyl (C=O) groups is 1. The number of hydrogen-bond acceptors (Lipinski definition) is 6. The lowest BCUT2D eigenvalue weighted by atomic mass is 10.1. The molecule has 0 spiro atoms. The molecule has 0 bridgehead atoms. The van der Waals surface area contributed by atoms with Gasteiger partial charge in [0.25, 0.3) is 5.91 Å². The van der Waals surface area contributed by atoms with E-state index in [0.29, 0.717) is 17.2 Å². The summed E-state index contributed by atoms with van der Waals surface area (Å²) < 4.78 is 26.4. The number of rotatable bonds is 7. The molecule has 0 unspecified atom stereocenters. The average molecular weight is 497 g/mol. The van der Waals surface area contributed by atoms with Crippen molar-refractivity contribution in [2.45, 2.75) is 35.4 Å². The molecule has 3 aromatic carbocycles. The maximum absolute atomic E-state index is 13.7. The van der Waals surface area contributed by atoms with Crippen molar-refractivity contribution >= 4 is 54.2 Å². The Morgan fingerprint density at radius 1 is 1.03 bits per heavy atom. The molecular weight excluding hydrogens is 472 g/mol. The van der Waals surface area contributed by atoms with Gasteiger partial charge in [0, 0.05) is 10.5 Å². The molecule has 0 atom stereocenters. The molecule has 0 fully saturated rings. The number of nitrogens with zero attached hydrogens (tertiary/aromatic N) is 2. The molecule has 0 aliphatic carbocycles. The van der Waals surface area contributed by atoms with Gasteiger partial charge in [-0.2, -0.15) is 0 Å². The van der Waals surface area contributed by atoms with Crippen molar-refractivity contribution in [3.05, 3.63) is 83.9 Å². The summed E-state index contributed by atoms with van der Waals surface area (Å²) in [5.41, 5.74) is 2.10. The van der Waals surface area contributed by atoms with Gasteiger partial charge in [-0.15, -0.1) is 11.8 Å². The first-order valence-corrected chi connectivity index (χ1v) is 14.0. The Balaban J connectivity index is 1.78. The van der Waals surface area contributed by atoms with E-state index in [2.05, 4.69) is 6.07 Å². The quantitative estimate of drug-likeness (QED) is 0.292. The second-order valence-corrected chi connectivity index (χ2v) is 12.2. The van der Waals surface area contributed by atoms with Crippen LogP contribution in [0, 0.1) is 0 Å². The normalized spacial score (nSPS) is 11.8. The van der Waals surface area contributed by atoms with Crippen molar-refractivity contribution in [1.82, 2.24) is 4.98 Å². The molecule has 8 heteroatoms. The third-order valence-corrected chi connectivity index (χ3v) is 9.19. The lowest BCUT2D eigenvalue weighted by Crippen LogP contribution is -2.30. The van der Waals surface area contributed by atoms with E-state index < -0.39 is 15.1 Å². The minimum Gasteiger partial charge on any atom is -0.279 e. The molecule has 1 aromatic heterocycles. The molecule has 1 heterocycles. The molecule has 1 amide bonds. The van der Waals surface area contributed by atoms with E-state index in [1.807, 2.05) is 48.7 Å². The van der Waals surface area contributed by atoms with E-state index in [1.165, 1.54) is 23.5 Å². The average Bonchev–Trinajstić information content (AvgIpc) is 3.25. The minimum atomic E-state index is -3.50. The Labute approximate surface area is 202 Å². The molecule has 0 radical (unpaired) electrons. The van der Waals surface area contributed by atoms with Crippen LogP contribution in [0.5, 0.6) is 0 Å². The zero-order valence-corrected chi connectivity index (χ0v) is 21.0. The summed E-state index contributed by atoms with van der Waals surface area (Å²) >= 11 is 3.11. The Hall–Kier alpha value is -2.68. The van der Waals surface area contributed by atoms with Gasteiger partial charge in [0.05, 0.1) is 26.9 Å². The van der Waals surface area contributed by atoms with Crippen LogP contribution < -0.4 is 4.90 Å². The fourth-order valence-corrected chi connectivity index (χ4v) is 5.98. The number of hydrogen-bond donors (Lipinski definition) is 0. The van der Waals surface area contributed by atoms with Crippen molar-refractivity contribution in [1.29, 1.82) is 0 Å². The van der Waals surface area contributed by atoms with Gasteiger partial charge in [-0.3, -0.25) is 9.69 Å². The molecule has 4 aromatic rings. The zero-order valence-electron chi connectivity index (χ0n) is 18.6. The number of benzene rings is 3. The first kappa shape index (κ1) is 23.5. The van der Waals surface area contributed by atoms with Gasteiger partial charge in [-0.25, -0.2) is 13.4 Å². The summed E-state index contributed by atoms with van der Waals surface area (Å²) in [4.78, 5) is 21.3. The van der Waals surface area contributed by atoms with Gasteiger partial charge in [0.1, 0.15) is 0 Å². The van der Waals surface area contributed by atoms with E-state index in [-0.39, 0.29) is 10.8 Å². The number of carbonyl (C=O) groups excluding carboxylic acids is 1. The number of sulfone groups is 1. The molecule has 5 nitrogen and oxygen atoms in total. The summed E-state index contributed by atoms with van der Waals surface area (Å²) in [5.74, 6) is -0.288. The smallest absolute Gasteiger partial charge is 0.260 e. The number of anilines is 1. The van der Waals surface area contributed by atoms with Gasteiger partial charge in [-0.05, 0) is 62.1 Å². The Bertz CT molecular complexity index is 1400. The van der Waals surface area contributed by atoms with Gasteiger partial charge < -0.3 is 0 Å². The monoisotopic (exact) mass is 496 g/mol. The largest absolute Gasteiger partial charge is 0.279 e. The third-order valence-electron chi connectivity index (χ3n) is 5.27. The van der Waals surface area contributed by atoms with Crippen molar-refractivity contribution in [3.8, 4) is 0 Å². The summed E-state index contributed by atoms with van der Waals surface area (Å²) in [7, 11) is -3.50. The molecule has 0 aliphatic rings. The topological polar surface area (TPSA) is 67.3 Å². The fourth-order valence-electron chi connectivity index (χ4n) is 3.36. The molecule has 0 N–H and O–H groups in total. The molecule has 0 saturated heterocycles. The van der Waals surface area contributed by atoms with Crippen LogP contribution >= 0.6 is 23.1 Å². The second-order valence-electron chi connectivity index (χ2n) is 7.83. The molecule has 0 aliphatic heterocycles. The standard InChI is InChI=1S/C25H24N2O3S3/c1-17(2)33(29,30)21-11-7-10-19(14-21)24(28)27(16-18-8-5-4-6-9-18)25-26-22-13-12-20(31-3)15-23(22)32-25/h4-15,17H,16H2,1-3H3. The number of fused-ring (bicyclic) bond motifs is 1. The van der Waals surface area contributed by atoms with Crippen LogP contribution in [0.3, 0.4) is 0 Å². The fraction of sp³-hybridized carbons (Fsp3) is 0.200. The third kappa shape index (κ3) is 4.98.